The highest BCUT2D eigenvalue weighted by Gasteiger charge is 2.19. The molecule has 2 aromatic rings. The van der Waals surface area contributed by atoms with Gasteiger partial charge in [0.15, 0.2) is 6.10 Å². The molecule has 1 aromatic carbocycles. The molecule has 104 valence electrons. The largest absolute Gasteiger partial charge is 0.367 e. The van der Waals surface area contributed by atoms with Gasteiger partial charge in [-0.3, -0.25) is 9.78 Å². The number of carbonyl (C=O) groups is 1. The Morgan fingerprint density at radius 3 is 2.60 bits per heavy atom. The lowest BCUT2D eigenvalue weighted by Gasteiger charge is -2.15. The molecule has 1 unspecified atom stereocenters. The molecule has 0 aliphatic carbocycles. The first-order chi connectivity index (χ1) is 9.70. The minimum absolute atomic E-state index is 0.165. The van der Waals surface area contributed by atoms with Crippen molar-refractivity contribution < 1.29 is 9.53 Å². The number of benzene rings is 1. The summed E-state index contributed by atoms with van der Waals surface area (Å²) in [6, 6.07) is 15.2. The number of rotatable bonds is 5. The third-order valence-corrected chi connectivity index (χ3v) is 2.97. The van der Waals surface area contributed by atoms with E-state index in [9.17, 15) is 4.79 Å². The fourth-order valence-electron chi connectivity index (χ4n) is 1.99. The first kappa shape index (κ1) is 14.2. The zero-order valence-corrected chi connectivity index (χ0v) is 11.7. The normalized spacial score (nSPS) is 11.9. The lowest BCUT2D eigenvalue weighted by molar-refractivity contribution is -0.131. The van der Waals surface area contributed by atoms with Crippen LogP contribution in [0.5, 0.6) is 0 Å². The number of pyridine rings is 1. The molecule has 20 heavy (non-hydrogen) atoms. The summed E-state index contributed by atoms with van der Waals surface area (Å²) in [5, 5.41) is 2.85. The Morgan fingerprint density at radius 1 is 1.20 bits per heavy atom. The molecular weight excluding hydrogens is 252 g/mol. The highest BCUT2D eigenvalue weighted by atomic mass is 16.5. The maximum Gasteiger partial charge on any atom is 0.254 e. The number of nitrogens with zero attached hydrogens (tertiary/aromatic N) is 1. The summed E-state index contributed by atoms with van der Waals surface area (Å²) < 4.78 is 5.28. The summed E-state index contributed by atoms with van der Waals surface area (Å²) in [5.74, 6) is -0.165. The topological polar surface area (TPSA) is 51.2 Å². The van der Waals surface area contributed by atoms with E-state index < -0.39 is 6.10 Å². The molecule has 1 N–H and O–H groups in total. The second kappa shape index (κ2) is 6.82. The van der Waals surface area contributed by atoms with Crippen LogP contribution in [0.25, 0.3) is 0 Å². The minimum atomic E-state index is -0.596. The van der Waals surface area contributed by atoms with Crippen LogP contribution >= 0.6 is 0 Å². The lowest BCUT2D eigenvalue weighted by atomic mass is 10.1. The summed E-state index contributed by atoms with van der Waals surface area (Å²) in [4.78, 5) is 16.5. The van der Waals surface area contributed by atoms with Gasteiger partial charge in [-0.1, -0.05) is 36.4 Å². The van der Waals surface area contributed by atoms with Gasteiger partial charge >= 0.3 is 0 Å². The zero-order valence-electron chi connectivity index (χ0n) is 11.7. The molecule has 0 radical (unpaired) electrons. The summed E-state index contributed by atoms with van der Waals surface area (Å²) in [6.07, 6.45) is -0.596. The summed E-state index contributed by atoms with van der Waals surface area (Å²) in [7, 11) is 1.53. The van der Waals surface area contributed by atoms with E-state index in [0.717, 1.165) is 17.0 Å². The van der Waals surface area contributed by atoms with Crippen LogP contribution in [0.3, 0.4) is 0 Å². The third-order valence-electron chi connectivity index (χ3n) is 2.97. The second-order valence-electron chi connectivity index (χ2n) is 4.51. The molecule has 4 heteroatoms. The Morgan fingerprint density at radius 2 is 1.95 bits per heavy atom. The SMILES string of the molecule is COC(C(=O)NCc1cccc(C)n1)c1ccccc1. The molecule has 1 amide bonds. The Labute approximate surface area is 118 Å². The number of amides is 1. The Kier molecular flexibility index (Phi) is 4.85. The van der Waals surface area contributed by atoms with Gasteiger partial charge < -0.3 is 10.1 Å². The molecule has 1 atom stereocenters. The first-order valence-corrected chi connectivity index (χ1v) is 6.48. The fourth-order valence-corrected chi connectivity index (χ4v) is 1.99. The van der Waals surface area contributed by atoms with Crippen molar-refractivity contribution in [3.8, 4) is 0 Å². The van der Waals surface area contributed by atoms with Gasteiger partial charge in [-0.25, -0.2) is 0 Å². The molecule has 1 aromatic heterocycles. The van der Waals surface area contributed by atoms with Gasteiger partial charge in [0.1, 0.15) is 0 Å². The van der Waals surface area contributed by atoms with E-state index in [1.165, 1.54) is 7.11 Å². The van der Waals surface area contributed by atoms with Crippen LogP contribution in [0.15, 0.2) is 48.5 Å². The van der Waals surface area contributed by atoms with Gasteiger partial charge in [0.05, 0.1) is 12.2 Å². The molecule has 4 nitrogen and oxygen atoms in total. The van der Waals surface area contributed by atoms with Crippen molar-refractivity contribution in [1.29, 1.82) is 0 Å². The van der Waals surface area contributed by atoms with Gasteiger partial charge in [-0.2, -0.15) is 0 Å². The zero-order chi connectivity index (χ0) is 14.4. The van der Waals surface area contributed by atoms with Gasteiger partial charge in [-0.05, 0) is 24.6 Å². The fraction of sp³-hybridized carbons (Fsp3) is 0.250. The van der Waals surface area contributed by atoms with Gasteiger partial charge in [0.2, 0.25) is 0 Å². The number of ether oxygens (including phenoxy) is 1. The monoisotopic (exact) mass is 270 g/mol. The molecule has 2 rings (SSSR count). The second-order valence-corrected chi connectivity index (χ2v) is 4.51. The maximum absolute atomic E-state index is 12.2. The minimum Gasteiger partial charge on any atom is -0.367 e. The van der Waals surface area contributed by atoms with Gasteiger partial charge in [0.25, 0.3) is 5.91 Å². The summed E-state index contributed by atoms with van der Waals surface area (Å²) >= 11 is 0. The van der Waals surface area contributed by atoms with Gasteiger partial charge in [0, 0.05) is 12.8 Å². The van der Waals surface area contributed by atoms with E-state index in [1.807, 2.05) is 55.5 Å². The summed E-state index contributed by atoms with van der Waals surface area (Å²) in [6.45, 7) is 2.32. The van der Waals surface area contributed by atoms with Crippen molar-refractivity contribution in [1.82, 2.24) is 10.3 Å². The highest BCUT2D eigenvalue weighted by molar-refractivity contribution is 5.82. The smallest absolute Gasteiger partial charge is 0.254 e. The molecular formula is C16H18N2O2. The molecule has 0 saturated carbocycles. The van der Waals surface area contributed by atoms with E-state index in [1.54, 1.807) is 0 Å². The van der Waals surface area contributed by atoms with E-state index in [-0.39, 0.29) is 5.91 Å². The Balaban J connectivity index is 2.00. The van der Waals surface area contributed by atoms with E-state index in [0.29, 0.717) is 6.54 Å². The number of aromatic nitrogens is 1. The van der Waals surface area contributed by atoms with Crippen molar-refractivity contribution in [2.45, 2.75) is 19.6 Å². The van der Waals surface area contributed by atoms with Crippen LogP contribution in [0.4, 0.5) is 0 Å². The maximum atomic E-state index is 12.2. The number of hydrogen-bond donors (Lipinski definition) is 1. The van der Waals surface area contributed by atoms with Crippen LogP contribution in [0.2, 0.25) is 0 Å². The number of aryl methyl sites for hydroxylation is 1. The first-order valence-electron chi connectivity index (χ1n) is 6.48. The Hall–Kier alpha value is -2.20. The van der Waals surface area contributed by atoms with E-state index in [4.69, 9.17) is 4.74 Å². The van der Waals surface area contributed by atoms with Crippen LogP contribution in [-0.2, 0) is 16.1 Å². The van der Waals surface area contributed by atoms with Crippen molar-refractivity contribution in [2.75, 3.05) is 7.11 Å². The quantitative estimate of drug-likeness (QED) is 0.907. The summed E-state index contributed by atoms with van der Waals surface area (Å²) in [5.41, 5.74) is 2.61. The van der Waals surface area contributed by atoms with E-state index in [2.05, 4.69) is 10.3 Å². The van der Waals surface area contributed by atoms with Crippen molar-refractivity contribution in [3.05, 3.63) is 65.5 Å². The molecule has 0 saturated heterocycles. The van der Waals surface area contributed by atoms with Crippen LogP contribution in [0.1, 0.15) is 23.1 Å². The molecule has 0 spiro atoms. The van der Waals surface area contributed by atoms with Gasteiger partial charge in [-0.15, -0.1) is 0 Å². The van der Waals surface area contributed by atoms with Crippen molar-refractivity contribution >= 4 is 5.91 Å². The number of methoxy groups -OCH3 is 1. The number of nitrogens with one attached hydrogen (secondary N) is 1. The number of hydrogen-bond acceptors (Lipinski definition) is 3. The third kappa shape index (κ3) is 3.65. The lowest BCUT2D eigenvalue weighted by Crippen LogP contribution is -2.30. The molecule has 1 heterocycles. The van der Waals surface area contributed by atoms with Crippen molar-refractivity contribution in [3.63, 3.8) is 0 Å². The standard InChI is InChI=1S/C16H18N2O2/c1-12-7-6-10-14(18-12)11-17-16(19)15(20-2)13-8-4-3-5-9-13/h3-10,15H,11H2,1-2H3,(H,17,19). The van der Waals surface area contributed by atoms with Crippen LogP contribution in [0, 0.1) is 6.92 Å². The van der Waals surface area contributed by atoms with E-state index >= 15 is 0 Å². The van der Waals surface area contributed by atoms with Crippen LogP contribution in [-0.4, -0.2) is 18.0 Å². The molecule has 0 bridgehead atoms. The molecule has 0 fully saturated rings. The predicted molar refractivity (Wildman–Crippen MR) is 77.0 cm³/mol. The molecule has 0 aliphatic rings. The Bertz CT molecular complexity index is 570. The van der Waals surface area contributed by atoms with Crippen LogP contribution < -0.4 is 5.32 Å². The average molecular weight is 270 g/mol. The average Bonchev–Trinajstić information content (AvgIpc) is 2.47. The number of carbonyl (C=O) groups excluding carboxylic acids is 1. The highest BCUT2D eigenvalue weighted by Crippen LogP contribution is 2.16. The van der Waals surface area contributed by atoms with Crippen molar-refractivity contribution in [2.24, 2.45) is 0 Å². The molecule has 0 aliphatic heterocycles. The predicted octanol–water partition coefficient (Wildman–Crippen LogP) is 2.39.